The molecule has 4 rings (SSSR count). The summed E-state index contributed by atoms with van der Waals surface area (Å²) in [5, 5.41) is 21.1. The minimum Gasteiger partial charge on any atom is -0.507 e. The first kappa shape index (κ1) is 21.0. The van der Waals surface area contributed by atoms with E-state index < -0.39 is 17.7 Å². The Kier molecular flexibility index (Phi) is 5.55. The normalized spacial score (nSPS) is 17.4. The number of benzene rings is 3. The number of hydrogen-bond donors (Lipinski definition) is 2. The molecule has 1 fully saturated rings. The highest BCUT2D eigenvalue weighted by atomic mass is 16.5. The van der Waals surface area contributed by atoms with Gasteiger partial charge < -0.3 is 19.7 Å². The van der Waals surface area contributed by atoms with Crippen molar-refractivity contribution in [1.29, 1.82) is 0 Å². The average molecular weight is 431 g/mol. The summed E-state index contributed by atoms with van der Waals surface area (Å²) in [4.78, 5) is 27.6. The third-order valence-corrected chi connectivity index (χ3v) is 5.34. The number of rotatable bonds is 5. The van der Waals surface area contributed by atoms with E-state index in [-0.39, 0.29) is 22.8 Å². The number of anilines is 1. The van der Waals surface area contributed by atoms with Gasteiger partial charge in [0.15, 0.2) is 11.5 Å². The highest BCUT2D eigenvalue weighted by molar-refractivity contribution is 6.51. The SMILES string of the molecule is COc1cccc(N2C(=O)C(=O)C(=C(O)c3ccccc3)C2c2ccc(O)c(OC)c2)c1. The van der Waals surface area contributed by atoms with Crippen LogP contribution in [0.2, 0.25) is 0 Å². The lowest BCUT2D eigenvalue weighted by Crippen LogP contribution is -2.29. The van der Waals surface area contributed by atoms with E-state index in [0.717, 1.165) is 0 Å². The maximum atomic E-state index is 13.2. The molecule has 3 aromatic rings. The van der Waals surface area contributed by atoms with Crippen molar-refractivity contribution in [2.24, 2.45) is 0 Å². The van der Waals surface area contributed by atoms with Crippen molar-refractivity contribution in [1.82, 2.24) is 0 Å². The van der Waals surface area contributed by atoms with Crippen molar-refractivity contribution < 1.29 is 29.3 Å². The van der Waals surface area contributed by atoms with Crippen LogP contribution in [-0.2, 0) is 9.59 Å². The Morgan fingerprint density at radius 3 is 2.34 bits per heavy atom. The number of carbonyl (C=O) groups excluding carboxylic acids is 2. The van der Waals surface area contributed by atoms with E-state index in [0.29, 0.717) is 22.6 Å². The smallest absolute Gasteiger partial charge is 0.300 e. The topological polar surface area (TPSA) is 96.3 Å². The molecule has 1 heterocycles. The van der Waals surface area contributed by atoms with E-state index in [1.54, 1.807) is 60.7 Å². The molecule has 2 N–H and O–H groups in total. The van der Waals surface area contributed by atoms with Gasteiger partial charge in [-0.05, 0) is 29.8 Å². The second kappa shape index (κ2) is 8.47. The van der Waals surface area contributed by atoms with Crippen LogP contribution in [0.5, 0.6) is 17.2 Å². The van der Waals surface area contributed by atoms with Crippen LogP contribution in [0.3, 0.4) is 0 Å². The summed E-state index contributed by atoms with van der Waals surface area (Å²) >= 11 is 0. The first-order valence-electron chi connectivity index (χ1n) is 9.83. The molecular weight excluding hydrogens is 410 g/mol. The van der Waals surface area contributed by atoms with Gasteiger partial charge in [-0.2, -0.15) is 0 Å². The summed E-state index contributed by atoms with van der Waals surface area (Å²) in [5.41, 5.74) is 1.26. The third kappa shape index (κ3) is 3.54. The van der Waals surface area contributed by atoms with Crippen LogP contribution in [0.15, 0.2) is 78.4 Å². The zero-order valence-corrected chi connectivity index (χ0v) is 17.5. The number of phenolic OH excluding ortho intramolecular Hbond substituents is 1. The molecule has 1 unspecified atom stereocenters. The number of aliphatic hydroxyl groups is 1. The number of ketones is 1. The van der Waals surface area contributed by atoms with Gasteiger partial charge in [0, 0.05) is 17.3 Å². The van der Waals surface area contributed by atoms with E-state index >= 15 is 0 Å². The van der Waals surface area contributed by atoms with E-state index in [2.05, 4.69) is 0 Å². The van der Waals surface area contributed by atoms with Crippen LogP contribution < -0.4 is 14.4 Å². The van der Waals surface area contributed by atoms with Gasteiger partial charge in [-0.1, -0.05) is 42.5 Å². The molecule has 3 aromatic carbocycles. The van der Waals surface area contributed by atoms with E-state index in [4.69, 9.17) is 9.47 Å². The van der Waals surface area contributed by atoms with Crippen molar-refractivity contribution in [2.45, 2.75) is 6.04 Å². The summed E-state index contributed by atoms with van der Waals surface area (Å²) in [6, 6.07) is 18.9. The molecule has 7 nitrogen and oxygen atoms in total. The molecule has 32 heavy (non-hydrogen) atoms. The molecule has 0 saturated carbocycles. The monoisotopic (exact) mass is 431 g/mol. The predicted molar refractivity (Wildman–Crippen MR) is 119 cm³/mol. The number of carbonyl (C=O) groups is 2. The predicted octanol–water partition coefficient (Wildman–Crippen LogP) is 4.04. The Bertz CT molecular complexity index is 1220. The molecule has 0 aliphatic carbocycles. The van der Waals surface area contributed by atoms with Crippen LogP contribution >= 0.6 is 0 Å². The first-order chi connectivity index (χ1) is 15.5. The fraction of sp³-hybridized carbons (Fsp3) is 0.120. The van der Waals surface area contributed by atoms with E-state index in [1.165, 1.54) is 31.3 Å². The standard InChI is InChI=1S/C25H21NO6/c1-31-18-10-6-9-17(14-18)26-22(16-11-12-19(27)20(13-16)32-2)21(24(29)25(26)30)23(28)15-7-4-3-5-8-15/h3-14,22,27-28H,1-2H3. The van der Waals surface area contributed by atoms with Crippen molar-refractivity contribution in [3.63, 3.8) is 0 Å². The second-order valence-corrected chi connectivity index (χ2v) is 7.17. The maximum absolute atomic E-state index is 13.2. The first-order valence-corrected chi connectivity index (χ1v) is 9.83. The van der Waals surface area contributed by atoms with E-state index in [9.17, 15) is 19.8 Å². The summed E-state index contributed by atoms with van der Waals surface area (Å²) < 4.78 is 10.5. The number of methoxy groups -OCH3 is 2. The Morgan fingerprint density at radius 1 is 0.906 bits per heavy atom. The molecule has 0 spiro atoms. The fourth-order valence-corrected chi connectivity index (χ4v) is 3.79. The van der Waals surface area contributed by atoms with Gasteiger partial charge in [0.25, 0.3) is 11.7 Å². The minimum atomic E-state index is -0.947. The zero-order valence-electron chi connectivity index (χ0n) is 17.5. The second-order valence-electron chi connectivity index (χ2n) is 7.17. The minimum absolute atomic E-state index is 0.0586. The number of Topliss-reactive ketones (excluding diaryl/α,β-unsaturated/α-hetero) is 1. The molecule has 0 bridgehead atoms. The van der Waals surface area contributed by atoms with Gasteiger partial charge >= 0.3 is 0 Å². The van der Waals surface area contributed by atoms with Gasteiger partial charge in [-0.15, -0.1) is 0 Å². The molecule has 7 heteroatoms. The van der Waals surface area contributed by atoms with Crippen LogP contribution in [0, 0.1) is 0 Å². The molecule has 1 aliphatic heterocycles. The third-order valence-electron chi connectivity index (χ3n) is 5.34. The number of phenols is 1. The molecule has 1 saturated heterocycles. The molecule has 1 amide bonds. The summed E-state index contributed by atoms with van der Waals surface area (Å²) in [7, 11) is 2.91. The Morgan fingerprint density at radius 2 is 1.66 bits per heavy atom. The zero-order chi connectivity index (χ0) is 22.8. The Balaban J connectivity index is 1.97. The van der Waals surface area contributed by atoms with Gasteiger partial charge in [0.2, 0.25) is 0 Å². The van der Waals surface area contributed by atoms with Crippen LogP contribution in [-0.4, -0.2) is 36.1 Å². The number of hydrogen-bond acceptors (Lipinski definition) is 6. The maximum Gasteiger partial charge on any atom is 0.300 e. The van der Waals surface area contributed by atoms with Gasteiger partial charge in [0.05, 0.1) is 25.8 Å². The number of amides is 1. The Hall–Kier alpha value is -4.26. The number of aromatic hydroxyl groups is 1. The summed E-state index contributed by atoms with van der Waals surface area (Å²) in [6.07, 6.45) is 0. The van der Waals surface area contributed by atoms with Crippen LogP contribution in [0.25, 0.3) is 5.76 Å². The van der Waals surface area contributed by atoms with E-state index in [1.807, 2.05) is 0 Å². The van der Waals surface area contributed by atoms with Gasteiger partial charge in [0.1, 0.15) is 11.5 Å². The Labute approximate surface area is 184 Å². The number of ether oxygens (including phenoxy) is 2. The summed E-state index contributed by atoms with van der Waals surface area (Å²) in [6.45, 7) is 0. The van der Waals surface area contributed by atoms with Crippen LogP contribution in [0.4, 0.5) is 5.69 Å². The highest BCUT2D eigenvalue weighted by Gasteiger charge is 2.47. The van der Waals surface area contributed by atoms with Crippen molar-refractivity contribution >= 4 is 23.1 Å². The highest BCUT2D eigenvalue weighted by Crippen LogP contribution is 2.44. The molecule has 162 valence electrons. The number of nitrogens with zero attached hydrogens (tertiary/aromatic N) is 1. The van der Waals surface area contributed by atoms with Crippen molar-refractivity contribution in [2.75, 3.05) is 19.1 Å². The van der Waals surface area contributed by atoms with Gasteiger partial charge in [-0.25, -0.2) is 0 Å². The molecular formula is C25H21NO6. The molecule has 0 radical (unpaired) electrons. The quantitative estimate of drug-likeness (QED) is 0.360. The lowest BCUT2D eigenvalue weighted by molar-refractivity contribution is -0.132. The molecule has 0 aromatic heterocycles. The molecule has 1 aliphatic rings. The van der Waals surface area contributed by atoms with Gasteiger partial charge in [-0.3, -0.25) is 14.5 Å². The summed E-state index contributed by atoms with van der Waals surface area (Å²) in [5.74, 6) is -1.28. The van der Waals surface area contributed by atoms with Crippen molar-refractivity contribution in [3.05, 3.63) is 89.5 Å². The lowest BCUT2D eigenvalue weighted by atomic mass is 9.95. The fourth-order valence-electron chi connectivity index (χ4n) is 3.79. The number of aliphatic hydroxyl groups excluding tert-OH is 1. The van der Waals surface area contributed by atoms with Crippen LogP contribution in [0.1, 0.15) is 17.2 Å². The average Bonchev–Trinajstić information content (AvgIpc) is 3.10. The van der Waals surface area contributed by atoms with Crippen molar-refractivity contribution in [3.8, 4) is 17.2 Å². The lowest BCUT2D eigenvalue weighted by Gasteiger charge is -2.26. The largest absolute Gasteiger partial charge is 0.507 e. The molecule has 1 atom stereocenters.